The number of nitrogens with one attached hydrogen (secondary N) is 4. The Morgan fingerprint density at radius 3 is 0.885 bits per heavy atom. The average Bonchev–Trinajstić information content (AvgIpc) is 2.61. The van der Waals surface area contributed by atoms with Gasteiger partial charge in [0, 0.05) is 26.2 Å². The summed E-state index contributed by atoms with van der Waals surface area (Å²) in [4.78, 5) is 57.2. The highest BCUT2D eigenvalue weighted by Gasteiger charge is 2.28. The minimum absolute atomic E-state index is 0.296. The van der Waals surface area contributed by atoms with Crippen LogP contribution in [0, 0.1) is 0 Å². The second-order valence-electron chi connectivity index (χ2n) is 5.06. The van der Waals surface area contributed by atoms with E-state index >= 15 is 0 Å². The molecule has 0 aliphatic rings. The number of carbonyl (C=O) groups is 4. The molecule has 0 radical (unpaired) electrons. The number of hydrogen-bond acceptors (Lipinski definition) is 6. The van der Waals surface area contributed by atoms with E-state index in [0.29, 0.717) is 26.2 Å². The zero-order valence-electron chi connectivity index (χ0n) is 15.4. The van der Waals surface area contributed by atoms with Gasteiger partial charge in [0.15, 0.2) is 22.8 Å². The molecule has 1 aromatic heterocycles. The Labute approximate surface area is 151 Å². The summed E-state index contributed by atoms with van der Waals surface area (Å²) < 4.78 is 0. The SMILES string of the molecule is CCNC(=O)c1nc(C(=O)NCC)c(C(=O)NCC)nc1C(=O)NCC. The zero-order valence-corrected chi connectivity index (χ0v) is 15.4. The molecule has 0 saturated heterocycles. The lowest BCUT2D eigenvalue weighted by atomic mass is 10.2. The largest absolute Gasteiger partial charge is 0.351 e. The monoisotopic (exact) mass is 364 g/mol. The Bertz CT molecular complexity index is 590. The van der Waals surface area contributed by atoms with Gasteiger partial charge in [0.05, 0.1) is 0 Å². The second-order valence-corrected chi connectivity index (χ2v) is 5.06. The van der Waals surface area contributed by atoms with E-state index in [9.17, 15) is 19.2 Å². The lowest BCUT2D eigenvalue weighted by Crippen LogP contribution is -2.36. The van der Waals surface area contributed by atoms with Gasteiger partial charge in [0.25, 0.3) is 23.6 Å². The van der Waals surface area contributed by atoms with Crippen molar-refractivity contribution in [3.05, 3.63) is 22.8 Å². The van der Waals surface area contributed by atoms with Crippen molar-refractivity contribution in [3.8, 4) is 0 Å². The van der Waals surface area contributed by atoms with E-state index in [1.54, 1.807) is 27.7 Å². The van der Waals surface area contributed by atoms with Gasteiger partial charge in [-0.15, -0.1) is 0 Å². The van der Waals surface area contributed by atoms with Crippen molar-refractivity contribution < 1.29 is 19.2 Å². The number of amides is 4. The highest BCUT2D eigenvalue weighted by molar-refractivity contribution is 6.09. The second kappa shape index (κ2) is 10.1. The summed E-state index contributed by atoms with van der Waals surface area (Å²) in [6.07, 6.45) is 0. The molecule has 1 rings (SSSR count). The fourth-order valence-corrected chi connectivity index (χ4v) is 2.05. The third kappa shape index (κ3) is 4.98. The van der Waals surface area contributed by atoms with Crippen molar-refractivity contribution in [2.24, 2.45) is 0 Å². The maximum Gasteiger partial charge on any atom is 0.272 e. The first-order chi connectivity index (χ1) is 12.4. The number of carbonyl (C=O) groups excluding carboxylic acids is 4. The normalized spacial score (nSPS) is 10.0. The summed E-state index contributed by atoms with van der Waals surface area (Å²) in [6.45, 7) is 7.98. The van der Waals surface area contributed by atoms with Crippen LogP contribution in [-0.4, -0.2) is 59.8 Å². The Morgan fingerprint density at radius 1 is 0.538 bits per heavy atom. The molecule has 0 bridgehead atoms. The first kappa shape index (κ1) is 21.0. The van der Waals surface area contributed by atoms with Crippen LogP contribution in [0.15, 0.2) is 0 Å². The molecule has 1 heterocycles. The molecule has 142 valence electrons. The fourth-order valence-electron chi connectivity index (χ4n) is 2.05. The minimum atomic E-state index is -0.658. The number of nitrogens with zero attached hydrogens (tertiary/aromatic N) is 2. The summed E-state index contributed by atoms with van der Waals surface area (Å²) in [7, 11) is 0. The molecule has 0 aliphatic heterocycles. The fraction of sp³-hybridized carbons (Fsp3) is 0.500. The van der Waals surface area contributed by atoms with Gasteiger partial charge in [-0.3, -0.25) is 19.2 Å². The quantitative estimate of drug-likeness (QED) is 0.489. The van der Waals surface area contributed by atoms with Crippen LogP contribution >= 0.6 is 0 Å². The summed E-state index contributed by atoms with van der Waals surface area (Å²) in [6, 6.07) is 0. The average molecular weight is 364 g/mol. The van der Waals surface area contributed by atoms with Gasteiger partial charge < -0.3 is 21.3 Å². The molecule has 0 unspecified atom stereocenters. The van der Waals surface area contributed by atoms with Gasteiger partial charge in [-0.05, 0) is 27.7 Å². The van der Waals surface area contributed by atoms with Crippen LogP contribution < -0.4 is 21.3 Å². The molecule has 1 aromatic rings. The van der Waals surface area contributed by atoms with E-state index in [1.165, 1.54) is 0 Å². The predicted molar refractivity (Wildman–Crippen MR) is 94.1 cm³/mol. The van der Waals surface area contributed by atoms with Gasteiger partial charge in [-0.25, -0.2) is 9.97 Å². The van der Waals surface area contributed by atoms with Crippen LogP contribution in [0.25, 0.3) is 0 Å². The van der Waals surface area contributed by atoms with E-state index in [-0.39, 0.29) is 22.8 Å². The number of rotatable bonds is 8. The van der Waals surface area contributed by atoms with Gasteiger partial charge in [0.2, 0.25) is 0 Å². The van der Waals surface area contributed by atoms with Crippen LogP contribution in [0.4, 0.5) is 0 Å². The predicted octanol–water partition coefficient (Wildman–Crippen LogP) is -0.525. The molecule has 0 saturated carbocycles. The van der Waals surface area contributed by atoms with Crippen LogP contribution in [-0.2, 0) is 0 Å². The maximum absolute atomic E-state index is 12.3. The Hall–Kier alpha value is -3.04. The van der Waals surface area contributed by atoms with Crippen LogP contribution in [0.2, 0.25) is 0 Å². The molecule has 4 amide bonds. The van der Waals surface area contributed by atoms with Crippen molar-refractivity contribution in [2.75, 3.05) is 26.2 Å². The Kier molecular flexibility index (Phi) is 8.13. The molecular formula is C16H24N6O4. The smallest absolute Gasteiger partial charge is 0.272 e. The van der Waals surface area contributed by atoms with Crippen molar-refractivity contribution >= 4 is 23.6 Å². The van der Waals surface area contributed by atoms with Crippen molar-refractivity contribution in [3.63, 3.8) is 0 Å². The molecule has 10 nitrogen and oxygen atoms in total. The number of hydrogen-bond donors (Lipinski definition) is 4. The van der Waals surface area contributed by atoms with E-state index in [2.05, 4.69) is 31.2 Å². The summed E-state index contributed by atoms with van der Waals surface area (Å²) in [5.41, 5.74) is -1.25. The lowest BCUT2D eigenvalue weighted by molar-refractivity contribution is 0.0894. The van der Waals surface area contributed by atoms with Crippen molar-refractivity contribution in [2.45, 2.75) is 27.7 Å². The third-order valence-corrected chi connectivity index (χ3v) is 3.11. The topological polar surface area (TPSA) is 142 Å². The molecule has 0 aromatic carbocycles. The van der Waals surface area contributed by atoms with Gasteiger partial charge in [-0.2, -0.15) is 0 Å². The zero-order chi connectivity index (χ0) is 19.7. The maximum atomic E-state index is 12.3. The summed E-state index contributed by atoms with van der Waals surface area (Å²) in [5, 5.41) is 10.1. The Morgan fingerprint density at radius 2 is 0.731 bits per heavy atom. The Balaban J connectivity index is 3.63. The molecule has 0 atom stereocenters. The van der Waals surface area contributed by atoms with E-state index < -0.39 is 23.6 Å². The first-order valence-electron chi connectivity index (χ1n) is 8.45. The van der Waals surface area contributed by atoms with Crippen molar-refractivity contribution in [1.29, 1.82) is 0 Å². The molecule has 0 aliphatic carbocycles. The molecule has 10 heteroatoms. The van der Waals surface area contributed by atoms with Crippen LogP contribution in [0.1, 0.15) is 69.6 Å². The third-order valence-electron chi connectivity index (χ3n) is 3.11. The standard InChI is InChI=1S/C16H24N6O4/c1-5-17-13(23)9-10(14(24)18-6-2)22-12(16(26)20-8-4)11(21-9)15(25)19-7-3/h5-8H2,1-4H3,(H,17,23)(H,18,24)(H,19,25)(H,20,26). The highest BCUT2D eigenvalue weighted by atomic mass is 16.2. The van der Waals surface area contributed by atoms with Gasteiger partial charge >= 0.3 is 0 Å². The molecular weight excluding hydrogens is 340 g/mol. The van der Waals surface area contributed by atoms with E-state index in [4.69, 9.17) is 0 Å². The summed E-state index contributed by atoms with van der Waals surface area (Å²) >= 11 is 0. The molecule has 4 N–H and O–H groups in total. The van der Waals surface area contributed by atoms with E-state index in [0.717, 1.165) is 0 Å². The van der Waals surface area contributed by atoms with Crippen molar-refractivity contribution in [1.82, 2.24) is 31.2 Å². The van der Waals surface area contributed by atoms with Gasteiger partial charge in [0.1, 0.15) is 0 Å². The van der Waals surface area contributed by atoms with Crippen LogP contribution in [0.3, 0.4) is 0 Å². The first-order valence-corrected chi connectivity index (χ1v) is 8.45. The molecule has 26 heavy (non-hydrogen) atoms. The van der Waals surface area contributed by atoms with Crippen LogP contribution in [0.5, 0.6) is 0 Å². The lowest BCUT2D eigenvalue weighted by Gasteiger charge is -2.13. The number of aromatic nitrogens is 2. The van der Waals surface area contributed by atoms with E-state index in [1.807, 2.05) is 0 Å². The highest BCUT2D eigenvalue weighted by Crippen LogP contribution is 2.11. The summed E-state index contributed by atoms with van der Waals surface area (Å²) in [5.74, 6) is -2.63. The van der Waals surface area contributed by atoms with Gasteiger partial charge in [-0.1, -0.05) is 0 Å². The molecule has 0 spiro atoms. The molecule has 0 fully saturated rings. The minimum Gasteiger partial charge on any atom is -0.351 e.